The van der Waals surface area contributed by atoms with Crippen molar-refractivity contribution in [3.8, 4) is 0 Å². The third kappa shape index (κ3) is 1.84. The standard InChI is InChI=1S/C12H18N4/c1-13-10-8-11(16-6-2-3-7-16)15-12(14-10)9-4-5-9/h8-9H,2-7H2,1H3,(H,13,14,15). The normalized spacial score (nSPS) is 20.2. The van der Waals surface area contributed by atoms with Crippen molar-refractivity contribution in [3.63, 3.8) is 0 Å². The molecule has 1 saturated heterocycles. The van der Waals surface area contributed by atoms with Gasteiger partial charge in [-0.15, -0.1) is 0 Å². The Morgan fingerprint density at radius 2 is 2.00 bits per heavy atom. The number of hydrogen-bond acceptors (Lipinski definition) is 4. The van der Waals surface area contributed by atoms with Crippen LogP contribution in [0.25, 0.3) is 0 Å². The van der Waals surface area contributed by atoms with E-state index in [2.05, 4.69) is 21.3 Å². The zero-order valence-corrected chi connectivity index (χ0v) is 9.74. The number of hydrogen-bond donors (Lipinski definition) is 1. The van der Waals surface area contributed by atoms with Crippen LogP contribution >= 0.6 is 0 Å². The van der Waals surface area contributed by atoms with Crippen molar-refractivity contribution in [3.05, 3.63) is 11.9 Å². The minimum Gasteiger partial charge on any atom is -0.373 e. The first-order valence-corrected chi connectivity index (χ1v) is 6.18. The van der Waals surface area contributed by atoms with Gasteiger partial charge in [0.15, 0.2) is 0 Å². The summed E-state index contributed by atoms with van der Waals surface area (Å²) in [5.74, 6) is 3.72. The zero-order valence-electron chi connectivity index (χ0n) is 9.74. The maximum atomic E-state index is 4.70. The van der Waals surface area contributed by atoms with Gasteiger partial charge >= 0.3 is 0 Å². The first-order chi connectivity index (χ1) is 7.86. The third-order valence-corrected chi connectivity index (χ3v) is 3.36. The molecule has 0 atom stereocenters. The largest absolute Gasteiger partial charge is 0.373 e. The molecule has 1 aromatic heterocycles. The highest BCUT2D eigenvalue weighted by Gasteiger charge is 2.28. The molecule has 1 aliphatic carbocycles. The first kappa shape index (κ1) is 9.87. The van der Waals surface area contributed by atoms with Crippen molar-refractivity contribution in [2.24, 2.45) is 0 Å². The van der Waals surface area contributed by atoms with Crippen LogP contribution < -0.4 is 10.2 Å². The molecule has 1 aliphatic heterocycles. The van der Waals surface area contributed by atoms with Crippen LogP contribution in [0.5, 0.6) is 0 Å². The number of aromatic nitrogens is 2. The lowest BCUT2D eigenvalue weighted by Gasteiger charge is -2.17. The summed E-state index contributed by atoms with van der Waals surface area (Å²) in [6.45, 7) is 2.29. The first-order valence-electron chi connectivity index (χ1n) is 6.18. The fourth-order valence-electron chi connectivity index (χ4n) is 2.21. The highest BCUT2D eigenvalue weighted by Crippen LogP contribution is 2.39. The van der Waals surface area contributed by atoms with Gasteiger partial charge in [-0.05, 0) is 25.7 Å². The van der Waals surface area contributed by atoms with E-state index in [-0.39, 0.29) is 0 Å². The van der Waals surface area contributed by atoms with Crippen molar-refractivity contribution >= 4 is 11.6 Å². The molecule has 4 nitrogen and oxygen atoms in total. The highest BCUT2D eigenvalue weighted by molar-refractivity contribution is 5.50. The molecule has 4 heteroatoms. The average Bonchev–Trinajstić information content (AvgIpc) is 3.04. The molecular formula is C12H18N4. The predicted molar refractivity (Wildman–Crippen MR) is 65.0 cm³/mol. The van der Waals surface area contributed by atoms with Crippen molar-refractivity contribution in [2.75, 3.05) is 30.4 Å². The Morgan fingerprint density at radius 3 is 2.62 bits per heavy atom. The third-order valence-electron chi connectivity index (χ3n) is 3.36. The fraction of sp³-hybridized carbons (Fsp3) is 0.667. The fourth-order valence-corrected chi connectivity index (χ4v) is 2.21. The van der Waals surface area contributed by atoms with E-state index in [1.165, 1.54) is 25.7 Å². The summed E-state index contributed by atoms with van der Waals surface area (Å²) in [5.41, 5.74) is 0. The molecule has 0 spiro atoms. The van der Waals surface area contributed by atoms with Crippen LogP contribution in [0.2, 0.25) is 0 Å². The van der Waals surface area contributed by atoms with Gasteiger partial charge in [-0.2, -0.15) is 0 Å². The summed E-state index contributed by atoms with van der Waals surface area (Å²) in [6.07, 6.45) is 5.09. The molecule has 1 N–H and O–H groups in total. The second-order valence-electron chi connectivity index (χ2n) is 4.69. The van der Waals surface area contributed by atoms with Gasteiger partial charge in [-0.1, -0.05) is 0 Å². The Morgan fingerprint density at radius 1 is 1.25 bits per heavy atom. The predicted octanol–water partition coefficient (Wildman–Crippen LogP) is 2.00. The molecule has 2 heterocycles. The van der Waals surface area contributed by atoms with Gasteiger partial charge in [0, 0.05) is 32.1 Å². The van der Waals surface area contributed by atoms with Crippen molar-refractivity contribution in [1.82, 2.24) is 9.97 Å². The van der Waals surface area contributed by atoms with Crippen LogP contribution in [-0.2, 0) is 0 Å². The molecule has 0 unspecified atom stereocenters. The summed E-state index contributed by atoms with van der Waals surface area (Å²) in [5, 5.41) is 3.14. The van der Waals surface area contributed by atoms with E-state index in [0.717, 1.165) is 30.5 Å². The van der Waals surface area contributed by atoms with Gasteiger partial charge in [0.05, 0.1) is 0 Å². The monoisotopic (exact) mass is 218 g/mol. The smallest absolute Gasteiger partial charge is 0.136 e. The van der Waals surface area contributed by atoms with Crippen LogP contribution in [0.15, 0.2) is 6.07 Å². The summed E-state index contributed by atoms with van der Waals surface area (Å²) >= 11 is 0. The summed E-state index contributed by atoms with van der Waals surface area (Å²) < 4.78 is 0. The van der Waals surface area contributed by atoms with Gasteiger partial charge in [0.25, 0.3) is 0 Å². The van der Waals surface area contributed by atoms with Gasteiger partial charge in [-0.3, -0.25) is 0 Å². The molecule has 1 saturated carbocycles. The summed E-state index contributed by atoms with van der Waals surface area (Å²) in [4.78, 5) is 11.6. The van der Waals surface area contributed by atoms with E-state index in [4.69, 9.17) is 4.98 Å². The van der Waals surface area contributed by atoms with E-state index in [0.29, 0.717) is 5.92 Å². The minimum atomic E-state index is 0.620. The maximum Gasteiger partial charge on any atom is 0.136 e. The number of nitrogens with zero attached hydrogens (tertiary/aromatic N) is 3. The molecule has 2 fully saturated rings. The Hall–Kier alpha value is -1.32. The van der Waals surface area contributed by atoms with Crippen LogP contribution in [0.1, 0.15) is 37.4 Å². The zero-order chi connectivity index (χ0) is 11.0. The lowest BCUT2D eigenvalue weighted by molar-refractivity contribution is 0.874. The quantitative estimate of drug-likeness (QED) is 0.842. The molecule has 16 heavy (non-hydrogen) atoms. The van der Waals surface area contributed by atoms with E-state index in [9.17, 15) is 0 Å². The van der Waals surface area contributed by atoms with Crippen LogP contribution in [-0.4, -0.2) is 30.1 Å². The molecule has 2 aliphatic rings. The Balaban J connectivity index is 1.92. The molecule has 3 rings (SSSR count). The van der Waals surface area contributed by atoms with E-state index >= 15 is 0 Å². The minimum absolute atomic E-state index is 0.620. The Kier molecular flexibility index (Phi) is 2.42. The van der Waals surface area contributed by atoms with Gasteiger partial charge in [-0.25, -0.2) is 9.97 Å². The molecule has 0 radical (unpaired) electrons. The average molecular weight is 218 g/mol. The van der Waals surface area contributed by atoms with Gasteiger partial charge in [0.2, 0.25) is 0 Å². The van der Waals surface area contributed by atoms with Crippen LogP contribution in [0.3, 0.4) is 0 Å². The van der Waals surface area contributed by atoms with E-state index in [1.54, 1.807) is 0 Å². The highest BCUT2D eigenvalue weighted by atomic mass is 15.2. The van der Waals surface area contributed by atoms with Crippen LogP contribution in [0.4, 0.5) is 11.6 Å². The number of anilines is 2. The van der Waals surface area contributed by atoms with Crippen molar-refractivity contribution < 1.29 is 0 Å². The van der Waals surface area contributed by atoms with Gasteiger partial charge < -0.3 is 10.2 Å². The molecule has 0 aromatic carbocycles. The molecule has 0 amide bonds. The SMILES string of the molecule is CNc1cc(N2CCCC2)nc(C2CC2)n1. The number of rotatable bonds is 3. The van der Waals surface area contributed by atoms with Gasteiger partial charge in [0.1, 0.15) is 17.5 Å². The maximum absolute atomic E-state index is 4.70. The van der Waals surface area contributed by atoms with E-state index < -0.39 is 0 Å². The second kappa shape index (κ2) is 3.92. The molecule has 0 bridgehead atoms. The second-order valence-corrected chi connectivity index (χ2v) is 4.69. The van der Waals surface area contributed by atoms with Crippen LogP contribution in [0, 0.1) is 0 Å². The topological polar surface area (TPSA) is 41.0 Å². The summed E-state index contributed by atoms with van der Waals surface area (Å²) in [7, 11) is 1.92. The number of nitrogens with one attached hydrogen (secondary N) is 1. The Labute approximate surface area is 96.1 Å². The van der Waals surface area contributed by atoms with Crippen molar-refractivity contribution in [1.29, 1.82) is 0 Å². The Bertz CT molecular complexity index is 381. The molecule has 86 valence electrons. The van der Waals surface area contributed by atoms with E-state index in [1.807, 2.05) is 7.05 Å². The lowest BCUT2D eigenvalue weighted by atomic mass is 10.3. The summed E-state index contributed by atoms with van der Waals surface area (Å²) in [6, 6.07) is 2.07. The van der Waals surface area contributed by atoms with Crippen molar-refractivity contribution in [2.45, 2.75) is 31.6 Å². The lowest BCUT2D eigenvalue weighted by Crippen LogP contribution is -2.20. The molecular weight excluding hydrogens is 200 g/mol. The molecule has 1 aromatic rings.